The van der Waals surface area contributed by atoms with Crippen molar-refractivity contribution < 1.29 is 0 Å². The summed E-state index contributed by atoms with van der Waals surface area (Å²) in [6.45, 7) is 2.20. The molecule has 102 valence electrons. The molecule has 0 saturated carbocycles. The third kappa shape index (κ3) is 2.39. The second kappa shape index (κ2) is 5.59. The Hall–Kier alpha value is -1.93. The van der Waals surface area contributed by atoms with Crippen LogP contribution in [0.1, 0.15) is 23.6 Å². The maximum atomic E-state index is 5.02. The van der Waals surface area contributed by atoms with Gasteiger partial charge in [-0.15, -0.1) is 0 Å². The number of nitrogens with one attached hydrogen (secondary N) is 1. The lowest BCUT2D eigenvalue weighted by atomic mass is 9.88. The molecule has 2 aromatic carbocycles. The number of fused-ring (bicyclic) bond motifs is 1. The Kier molecular flexibility index (Phi) is 3.66. The molecular weight excluding hydrogens is 244 g/mol. The normalized spacial score (nSPS) is 19.1. The van der Waals surface area contributed by atoms with Crippen molar-refractivity contribution in [3.05, 3.63) is 71.3 Å². The van der Waals surface area contributed by atoms with Crippen molar-refractivity contribution >= 4 is 5.71 Å². The number of likely N-dealkylation sites (N-methyl/N-ethyl adjacent to an activating group) is 1. The Bertz CT molecular complexity index is 616. The molecule has 2 aromatic rings. The van der Waals surface area contributed by atoms with Crippen molar-refractivity contribution in [1.29, 1.82) is 0 Å². The molecule has 3 rings (SSSR count). The summed E-state index contributed by atoms with van der Waals surface area (Å²) in [6.07, 6.45) is 1.01. The van der Waals surface area contributed by atoms with Gasteiger partial charge in [-0.1, -0.05) is 54.6 Å². The topological polar surface area (TPSA) is 24.4 Å². The van der Waals surface area contributed by atoms with E-state index in [1.165, 1.54) is 16.7 Å². The first kappa shape index (κ1) is 13.1. The van der Waals surface area contributed by atoms with Crippen LogP contribution < -0.4 is 5.32 Å². The zero-order valence-electron chi connectivity index (χ0n) is 12.0. The SMILES string of the molecule is CNC(C)C1Cc2ccccc2C(c2ccccc2)=N1. The molecule has 2 atom stereocenters. The fraction of sp³-hybridized carbons (Fsp3) is 0.278. The van der Waals surface area contributed by atoms with E-state index in [1.807, 2.05) is 13.1 Å². The second-order valence-corrected chi connectivity index (χ2v) is 5.35. The van der Waals surface area contributed by atoms with Crippen LogP contribution >= 0.6 is 0 Å². The van der Waals surface area contributed by atoms with Crippen LogP contribution in [-0.2, 0) is 6.42 Å². The summed E-state index contributed by atoms with van der Waals surface area (Å²) in [5.74, 6) is 0. The van der Waals surface area contributed by atoms with Crippen molar-refractivity contribution in [3.63, 3.8) is 0 Å². The van der Waals surface area contributed by atoms with Crippen LogP contribution in [0.2, 0.25) is 0 Å². The van der Waals surface area contributed by atoms with Crippen LogP contribution in [0.3, 0.4) is 0 Å². The van der Waals surface area contributed by atoms with E-state index in [0.717, 1.165) is 12.1 Å². The van der Waals surface area contributed by atoms with E-state index < -0.39 is 0 Å². The number of nitrogens with zero attached hydrogens (tertiary/aromatic N) is 1. The second-order valence-electron chi connectivity index (χ2n) is 5.35. The lowest BCUT2D eigenvalue weighted by molar-refractivity contribution is 0.486. The Morgan fingerprint density at radius 3 is 2.50 bits per heavy atom. The van der Waals surface area contributed by atoms with Gasteiger partial charge in [0.25, 0.3) is 0 Å². The molecule has 1 N–H and O–H groups in total. The van der Waals surface area contributed by atoms with Crippen LogP contribution in [0.25, 0.3) is 0 Å². The fourth-order valence-corrected chi connectivity index (χ4v) is 2.74. The Balaban J connectivity index is 2.09. The molecule has 0 bridgehead atoms. The largest absolute Gasteiger partial charge is 0.315 e. The first-order chi connectivity index (χ1) is 9.79. The van der Waals surface area contributed by atoms with E-state index in [1.54, 1.807) is 0 Å². The molecule has 0 spiro atoms. The predicted molar refractivity (Wildman–Crippen MR) is 84.5 cm³/mol. The molecule has 0 saturated heterocycles. The van der Waals surface area contributed by atoms with Gasteiger partial charge in [-0.05, 0) is 26.0 Å². The third-order valence-corrected chi connectivity index (χ3v) is 4.08. The molecule has 1 aliphatic rings. The minimum Gasteiger partial charge on any atom is -0.315 e. The van der Waals surface area contributed by atoms with Crippen molar-refractivity contribution in [2.45, 2.75) is 25.4 Å². The van der Waals surface area contributed by atoms with E-state index in [0.29, 0.717) is 12.1 Å². The predicted octanol–water partition coefficient (Wildman–Crippen LogP) is 3.06. The van der Waals surface area contributed by atoms with Gasteiger partial charge in [-0.3, -0.25) is 4.99 Å². The number of rotatable bonds is 3. The minimum atomic E-state index is 0.296. The smallest absolute Gasteiger partial charge is 0.0725 e. The highest BCUT2D eigenvalue weighted by Crippen LogP contribution is 2.24. The molecule has 0 radical (unpaired) electrons. The molecule has 0 aliphatic carbocycles. The maximum absolute atomic E-state index is 5.02. The average molecular weight is 264 g/mol. The fourth-order valence-electron chi connectivity index (χ4n) is 2.74. The van der Waals surface area contributed by atoms with Gasteiger partial charge in [0.1, 0.15) is 0 Å². The minimum absolute atomic E-state index is 0.296. The molecule has 2 nitrogen and oxygen atoms in total. The first-order valence-electron chi connectivity index (χ1n) is 7.18. The van der Waals surface area contributed by atoms with E-state index in [-0.39, 0.29) is 0 Å². The molecule has 2 heteroatoms. The van der Waals surface area contributed by atoms with Crippen molar-refractivity contribution in [2.75, 3.05) is 7.05 Å². The Morgan fingerprint density at radius 1 is 1.05 bits per heavy atom. The third-order valence-electron chi connectivity index (χ3n) is 4.08. The van der Waals surface area contributed by atoms with E-state index >= 15 is 0 Å². The van der Waals surface area contributed by atoms with Crippen LogP contribution in [-0.4, -0.2) is 24.8 Å². The lowest BCUT2D eigenvalue weighted by Gasteiger charge is -2.27. The van der Waals surface area contributed by atoms with Crippen LogP contribution in [0.5, 0.6) is 0 Å². The van der Waals surface area contributed by atoms with Gasteiger partial charge < -0.3 is 5.32 Å². The molecule has 1 aliphatic heterocycles. The summed E-state index contributed by atoms with van der Waals surface area (Å²) >= 11 is 0. The van der Waals surface area contributed by atoms with Crippen molar-refractivity contribution in [2.24, 2.45) is 4.99 Å². The highest BCUT2D eigenvalue weighted by molar-refractivity contribution is 6.14. The van der Waals surface area contributed by atoms with Gasteiger partial charge in [0.15, 0.2) is 0 Å². The summed E-state index contributed by atoms with van der Waals surface area (Å²) in [5.41, 5.74) is 5.00. The monoisotopic (exact) mass is 264 g/mol. The summed E-state index contributed by atoms with van der Waals surface area (Å²) in [4.78, 5) is 5.02. The molecule has 2 unspecified atom stereocenters. The lowest BCUT2D eigenvalue weighted by Crippen LogP contribution is -2.38. The average Bonchev–Trinajstić information content (AvgIpc) is 2.54. The first-order valence-corrected chi connectivity index (χ1v) is 7.18. The van der Waals surface area contributed by atoms with Crippen LogP contribution in [0, 0.1) is 0 Å². The van der Waals surface area contributed by atoms with E-state index in [4.69, 9.17) is 4.99 Å². The van der Waals surface area contributed by atoms with Gasteiger partial charge in [-0.25, -0.2) is 0 Å². The van der Waals surface area contributed by atoms with Crippen molar-refractivity contribution in [3.8, 4) is 0 Å². The van der Waals surface area contributed by atoms with Crippen molar-refractivity contribution in [1.82, 2.24) is 5.32 Å². The van der Waals surface area contributed by atoms with E-state index in [2.05, 4.69) is 60.8 Å². The molecule has 0 aromatic heterocycles. The number of hydrogen-bond acceptors (Lipinski definition) is 2. The molecule has 1 heterocycles. The van der Waals surface area contributed by atoms with Gasteiger partial charge >= 0.3 is 0 Å². The number of hydrogen-bond donors (Lipinski definition) is 1. The van der Waals surface area contributed by atoms with Gasteiger partial charge in [0.05, 0.1) is 11.8 Å². The Labute approximate surface area is 120 Å². The summed E-state index contributed by atoms with van der Waals surface area (Å²) in [7, 11) is 2.00. The molecule has 0 fully saturated rings. The summed E-state index contributed by atoms with van der Waals surface area (Å²) < 4.78 is 0. The van der Waals surface area contributed by atoms with Crippen LogP contribution in [0.4, 0.5) is 0 Å². The highest BCUT2D eigenvalue weighted by atomic mass is 15.0. The highest BCUT2D eigenvalue weighted by Gasteiger charge is 2.24. The number of aliphatic imine (C=N–C) groups is 1. The Morgan fingerprint density at radius 2 is 1.75 bits per heavy atom. The maximum Gasteiger partial charge on any atom is 0.0725 e. The molecule has 20 heavy (non-hydrogen) atoms. The summed E-state index contributed by atoms with van der Waals surface area (Å²) in [5, 5.41) is 3.33. The quantitative estimate of drug-likeness (QED) is 0.905. The zero-order chi connectivity index (χ0) is 13.9. The standard InChI is InChI=1S/C18H20N2/c1-13(19-2)17-12-15-10-6-7-11-16(15)18(20-17)14-8-4-3-5-9-14/h3-11,13,17,19H,12H2,1-2H3. The molecular formula is C18H20N2. The molecule has 0 amide bonds. The number of benzene rings is 2. The zero-order valence-corrected chi connectivity index (χ0v) is 12.0. The van der Waals surface area contributed by atoms with E-state index in [9.17, 15) is 0 Å². The summed E-state index contributed by atoms with van der Waals surface area (Å²) in [6, 6.07) is 19.8. The van der Waals surface area contributed by atoms with Gasteiger partial charge in [0, 0.05) is 17.2 Å². The van der Waals surface area contributed by atoms with Gasteiger partial charge in [-0.2, -0.15) is 0 Å². The van der Waals surface area contributed by atoms with Crippen LogP contribution in [0.15, 0.2) is 59.6 Å². The van der Waals surface area contributed by atoms with Gasteiger partial charge in [0.2, 0.25) is 0 Å².